The van der Waals surface area contributed by atoms with E-state index in [9.17, 15) is 42.3 Å². The maximum Gasteiger partial charge on any atom is 0.414 e. The molecule has 0 fully saturated rings. The summed E-state index contributed by atoms with van der Waals surface area (Å²) in [6.07, 6.45) is -8.59. The molecular weight excluding hydrogens is 759 g/mol. The van der Waals surface area contributed by atoms with Crippen LogP contribution in [0.4, 0.5) is 13.2 Å². The number of Topliss-reactive ketones (excluding diaryl/α,β-unsaturated/α-hetero) is 1. The predicted octanol–water partition coefficient (Wildman–Crippen LogP) is 5.54. The highest BCUT2D eigenvalue weighted by Gasteiger charge is 2.45. The van der Waals surface area contributed by atoms with E-state index < -0.39 is 84.3 Å². The quantitative estimate of drug-likeness (QED) is 0.121. The number of benzene rings is 3. The largest absolute Gasteiger partial charge is 0.497 e. The van der Waals surface area contributed by atoms with Gasteiger partial charge < -0.3 is 35.3 Å². The Morgan fingerprint density at radius 1 is 0.875 bits per heavy atom. The molecule has 0 spiro atoms. The molecular formula is C40H47ClF3N3O9. The van der Waals surface area contributed by atoms with Crippen LogP contribution >= 0.6 is 11.6 Å². The number of hydrogen-bond acceptors (Lipinski definition) is 9. The number of ketones is 1. The van der Waals surface area contributed by atoms with Gasteiger partial charge >= 0.3 is 12.1 Å². The number of aliphatic hydroxyl groups is 1. The lowest BCUT2D eigenvalue weighted by atomic mass is 9.83. The molecule has 0 aliphatic heterocycles. The Balaban J connectivity index is 1.82. The molecule has 0 aromatic heterocycles. The van der Waals surface area contributed by atoms with E-state index in [2.05, 4.69) is 16.0 Å². The van der Waals surface area contributed by atoms with Gasteiger partial charge in [0.1, 0.15) is 35.7 Å². The molecule has 0 heterocycles. The van der Waals surface area contributed by atoms with Gasteiger partial charge in [0.2, 0.25) is 5.91 Å². The van der Waals surface area contributed by atoms with Gasteiger partial charge in [-0.3, -0.25) is 24.0 Å². The number of alkyl halides is 3. The molecule has 4 N–H and O–H groups in total. The number of carbonyl (C=O) groups is 5. The van der Waals surface area contributed by atoms with Gasteiger partial charge in [-0.25, -0.2) is 0 Å². The first-order valence-corrected chi connectivity index (χ1v) is 18.0. The topological polar surface area (TPSA) is 169 Å². The standard InChI is InChI=1S/C40H47ClF3N3O9/c1-23(2)30(36(51)40(42,43)44)20-32(48)35(25-10-14-28(54-6)15-11-25)47-38(53)31(19-24-8-7-9-27(41)18-24)46-37(52)26-12-16-29(17-13-26)55-22-33(49)45-21-34(50)56-39(3,4)5/h7-18,23,30-31,35-36,51H,19-22H2,1-6H3,(H,45,49)(H,46,52)(H,47,53)/t30-,31-,35-,36-/m0/s1. The van der Waals surface area contributed by atoms with Gasteiger partial charge in [0.05, 0.1) is 7.11 Å². The summed E-state index contributed by atoms with van der Waals surface area (Å²) < 4.78 is 56.5. The molecule has 0 aliphatic carbocycles. The maximum atomic E-state index is 14.0. The van der Waals surface area contributed by atoms with Crippen LogP contribution in [0.3, 0.4) is 0 Å². The number of nitrogens with one attached hydrogen (secondary N) is 3. The average molecular weight is 806 g/mol. The van der Waals surface area contributed by atoms with Gasteiger partial charge in [0.15, 0.2) is 18.5 Å². The van der Waals surface area contributed by atoms with Crippen LogP contribution in [-0.2, 0) is 30.3 Å². The van der Waals surface area contributed by atoms with Crippen molar-refractivity contribution in [3.63, 3.8) is 0 Å². The molecule has 0 bridgehead atoms. The average Bonchev–Trinajstić information content (AvgIpc) is 3.12. The highest BCUT2D eigenvalue weighted by atomic mass is 35.5. The molecule has 0 radical (unpaired) electrons. The molecule has 3 aromatic carbocycles. The molecule has 3 aromatic rings. The summed E-state index contributed by atoms with van der Waals surface area (Å²) >= 11 is 6.19. The summed E-state index contributed by atoms with van der Waals surface area (Å²) in [5.41, 5.74) is 0.163. The second kappa shape index (κ2) is 20.1. The summed E-state index contributed by atoms with van der Waals surface area (Å²) in [6.45, 7) is 7.21. The first-order valence-electron chi connectivity index (χ1n) is 17.6. The molecule has 16 heteroatoms. The molecule has 0 saturated heterocycles. The minimum atomic E-state index is -4.98. The van der Waals surface area contributed by atoms with Crippen LogP contribution in [0, 0.1) is 11.8 Å². The van der Waals surface area contributed by atoms with Crippen molar-refractivity contribution in [2.24, 2.45) is 11.8 Å². The smallest absolute Gasteiger partial charge is 0.414 e. The van der Waals surface area contributed by atoms with Gasteiger partial charge in [0.25, 0.3) is 11.8 Å². The van der Waals surface area contributed by atoms with E-state index in [0.29, 0.717) is 16.3 Å². The van der Waals surface area contributed by atoms with Gasteiger partial charge in [-0.15, -0.1) is 0 Å². The van der Waals surface area contributed by atoms with Gasteiger partial charge in [0, 0.05) is 29.3 Å². The fourth-order valence-electron chi connectivity index (χ4n) is 5.50. The van der Waals surface area contributed by atoms with Crippen LogP contribution in [0.2, 0.25) is 5.02 Å². The first-order chi connectivity index (χ1) is 26.2. The Bertz CT molecular complexity index is 1810. The summed E-state index contributed by atoms with van der Waals surface area (Å²) in [4.78, 5) is 65.4. The Morgan fingerprint density at radius 3 is 2.05 bits per heavy atom. The van der Waals surface area contributed by atoms with Crippen molar-refractivity contribution in [1.29, 1.82) is 0 Å². The highest BCUT2D eigenvalue weighted by Crippen LogP contribution is 2.33. The normalized spacial score (nSPS) is 13.8. The number of halogens is 4. The molecule has 0 aliphatic rings. The van der Waals surface area contributed by atoms with Crippen molar-refractivity contribution in [2.45, 2.75) is 77.4 Å². The van der Waals surface area contributed by atoms with Crippen molar-refractivity contribution >= 4 is 41.1 Å². The SMILES string of the molecule is COc1ccc([C@H](NC(=O)[C@H](Cc2cccc(Cl)c2)NC(=O)c2ccc(OCC(=O)NCC(=O)OC(C)(C)C)cc2)C(=O)C[C@@H](C(C)C)[C@H](O)C(F)(F)F)cc1. The lowest BCUT2D eigenvalue weighted by Gasteiger charge is -2.29. The number of aliphatic hydroxyl groups excluding tert-OH is 1. The van der Waals surface area contributed by atoms with Crippen LogP contribution in [0.5, 0.6) is 11.5 Å². The molecule has 3 rings (SSSR count). The summed E-state index contributed by atoms with van der Waals surface area (Å²) in [7, 11) is 1.42. The van der Waals surface area contributed by atoms with E-state index in [4.69, 9.17) is 25.8 Å². The third-order valence-electron chi connectivity index (χ3n) is 8.38. The summed E-state index contributed by atoms with van der Waals surface area (Å²) in [5.74, 6) is -5.16. The zero-order chi connectivity index (χ0) is 41.8. The zero-order valence-electron chi connectivity index (χ0n) is 31.9. The second-order valence-electron chi connectivity index (χ2n) is 14.3. The van der Waals surface area contributed by atoms with E-state index in [1.165, 1.54) is 69.5 Å². The fraction of sp³-hybridized carbons (Fsp3) is 0.425. The van der Waals surface area contributed by atoms with E-state index in [1.807, 2.05) is 0 Å². The highest BCUT2D eigenvalue weighted by molar-refractivity contribution is 6.30. The second-order valence-corrected chi connectivity index (χ2v) is 14.8. The number of carbonyl (C=O) groups excluding carboxylic acids is 5. The predicted molar refractivity (Wildman–Crippen MR) is 201 cm³/mol. The maximum absolute atomic E-state index is 14.0. The van der Waals surface area contributed by atoms with Crippen LogP contribution < -0.4 is 25.4 Å². The van der Waals surface area contributed by atoms with Gasteiger partial charge in [-0.2, -0.15) is 13.2 Å². The van der Waals surface area contributed by atoms with Crippen molar-refractivity contribution in [2.75, 3.05) is 20.3 Å². The number of hydrogen-bond donors (Lipinski definition) is 4. The fourth-order valence-corrected chi connectivity index (χ4v) is 5.71. The Hall–Kier alpha value is -5.15. The number of rotatable bonds is 18. The monoisotopic (exact) mass is 805 g/mol. The first kappa shape index (κ1) is 45.2. The van der Waals surface area contributed by atoms with E-state index in [-0.39, 0.29) is 29.8 Å². The lowest BCUT2D eigenvalue weighted by molar-refractivity contribution is -0.224. The lowest BCUT2D eigenvalue weighted by Crippen LogP contribution is -2.50. The number of methoxy groups -OCH3 is 1. The molecule has 0 saturated carbocycles. The van der Waals surface area contributed by atoms with Crippen molar-refractivity contribution < 1.29 is 56.5 Å². The summed E-state index contributed by atoms with van der Waals surface area (Å²) in [6, 6.07) is 15.3. The van der Waals surface area contributed by atoms with Gasteiger partial charge in [-0.05, 0) is 86.3 Å². The van der Waals surface area contributed by atoms with Gasteiger partial charge in [-0.1, -0.05) is 49.7 Å². The minimum absolute atomic E-state index is 0.0946. The molecule has 304 valence electrons. The van der Waals surface area contributed by atoms with E-state index in [1.54, 1.807) is 45.0 Å². The minimum Gasteiger partial charge on any atom is -0.497 e. The number of ether oxygens (including phenoxy) is 3. The van der Waals surface area contributed by atoms with Crippen LogP contribution in [-0.4, -0.2) is 78.8 Å². The number of esters is 1. The molecule has 3 amide bonds. The Labute approximate surface area is 328 Å². The van der Waals surface area contributed by atoms with Crippen LogP contribution in [0.25, 0.3) is 0 Å². The van der Waals surface area contributed by atoms with Crippen molar-refractivity contribution in [3.05, 3.63) is 94.5 Å². The zero-order valence-corrected chi connectivity index (χ0v) is 32.6. The molecule has 56 heavy (non-hydrogen) atoms. The molecule has 0 unspecified atom stereocenters. The van der Waals surface area contributed by atoms with E-state index >= 15 is 0 Å². The third kappa shape index (κ3) is 14.5. The third-order valence-corrected chi connectivity index (χ3v) is 8.61. The van der Waals surface area contributed by atoms with E-state index in [0.717, 1.165) is 0 Å². The number of amides is 3. The molecule has 4 atom stereocenters. The van der Waals surface area contributed by atoms with Crippen molar-refractivity contribution in [3.8, 4) is 11.5 Å². The Kier molecular flexibility index (Phi) is 16.3. The van der Waals surface area contributed by atoms with Crippen LogP contribution in [0.15, 0.2) is 72.8 Å². The van der Waals surface area contributed by atoms with Crippen LogP contribution in [0.1, 0.15) is 68.6 Å². The Morgan fingerprint density at radius 2 is 1.50 bits per heavy atom. The van der Waals surface area contributed by atoms with Crippen molar-refractivity contribution in [1.82, 2.24) is 16.0 Å². The molecule has 12 nitrogen and oxygen atoms in total. The summed E-state index contributed by atoms with van der Waals surface area (Å²) in [5, 5.41) is 18.1.